The third-order valence-electron chi connectivity index (χ3n) is 6.60. The Kier molecular flexibility index (Phi) is 8.10. The second kappa shape index (κ2) is 11.4. The molecule has 0 aliphatic heterocycles. The number of nitrogens with zero attached hydrogens (tertiary/aromatic N) is 2. The lowest BCUT2D eigenvalue weighted by atomic mass is 9.93. The zero-order valence-corrected chi connectivity index (χ0v) is 22.1. The van der Waals surface area contributed by atoms with E-state index < -0.39 is 47.0 Å². The van der Waals surface area contributed by atoms with Gasteiger partial charge in [0, 0.05) is 11.6 Å². The van der Waals surface area contributed by atoms with E-state index in [0.717, 1.165) is 22.3 Å². The average molecular weight is 567 g/mol. The minimum absolute atomic E-state index is 0.0326. The number of nitriles is 1. The highest BCUT2D eigenvalue weighted by Crippen LogP contribution is 2.35. The molecule has 4 rings (SSSR count). The van der Waals surface area contributed by atoms with Gasteiger partial charge in [-0.15, -0.1) is 0 Å². The molecule has 0 spiro atoms. The van der Waals surface area contributed by atoms with Gasteiger partial charge in [0.15, 0.2) is 0 Å². The first-order valence-electron chi connectivity index (χ1n) is 12.4. The number of pyridine rings is 1. The van der Waals surface area contributed by atoms with Gasteiger partial charge in [0.2, 0.25) is 0 Å². The van der Waals surface area contributed by atoms with Crippen LogP contribution in [0.2, 0.25) is 0 Å². The number of rotatable bonds is 6. The van der Waals surface area contributed by atoms with Crippen LogP contribution >= 0.6 is 0 Å². The Labute approximate surface area is 232 Å². The Bertz CT molecular complexity index is 1750. The Hall–Kier alpha value is -4.78. The molecule has 0 saturated heterocycles. The summed E-state index contributed by atoms with van der Waals surface area (Å²) in [5, 5.41) is 9.44. The maximum atomic E-state index is 14.5. The number of hydrogen-bond donors (Lipinski definition) is 0. The lowest BCUT2D eigenvalue weighted by Crippen LogP contribution is -2.29. The van der Waals surface area contributed by atoms with Crippen molar-refractivity contribution in [3.63, 3.8) is 0 Å². The molecule has 0 saturated carbocycles. The molecule has 41 heavy (non-hydrogen) atoms. The lowest BCUT2D eigenvalue weighted by Gasteiger charge is -2.19. The van der Waals surface area contributed by atoms with Crippen molar-refractivity contribution < 1.29 is 31.5 Å². The first kappa shape index (κ1) is 29.2. The summed E-state index contributed by atoms with van der Waals surface area (Å²) in [6.45, 7) is 3.30. The number of esters is 1. The van der Waals surface area contributed by atoms with E-state index >= 15 is 0 Å². The summed E-state index contributed by atoms with van der Waals surface area (Å²) in [4.78, 5) is 25.6. The van der Waals surface area contributed by atoms with E-state index in [1.165, 1.54) is 25.3 Å². The van der Waals surface area contributed by atoms with Crippen LogP contribution in [0.1, 0.15) is 52.4 Å². The minimum Gasteiger partial charge on any atom is -0.465 e. The molecule has 0 radical (unpaired) electrons. The molecule has 0 amide bonds. The molecule has 4 aromatic rings. The largest absolute Gasteiger partial charge is 0.465 e. The molecule has 0 aliphatic rings. The molecule has 1 aromatic heterocycles. The van der Waals surface area contributed by atoms with Gasteiger partial charge in [-0.2, -0.15) is 18.4 Å². The van der Waals surface area contributed by atoms with Crippen molar-refractivity contribution >= 4 is 5.97 Å². The van der Waals surface area contributed by atoms with Crippen LogP contribution in [0.4, 0.5) is 22.0 Å². The first-order valence-corrected chi connectivity index (χ1v) is 12.4. The smallest absolute Gasteiger partial charge is 0.417 e. The molecule has 10 heteroatoms. The molecule has 1 heterocycles. The van der Waals surface area contributed by atoms with E-state index in [1.54, 1.807) is 24.3 Å². The monoisotopic (exact) mass is 566 g/mol. The van der Waals surface area contributed by atoms with E-state index in [0.29, 0.717) is 23.3 Å². The molecule has 0 atom stereocenters. The molecule has 0 N–H and O–H groups in total. The maximum absolute atomic E-state index is 14.5. The van der Waals surface area contributed by atoms with Crippen LogP contribution in [0.15, 0.2) is 71.5 Å². The van der Waals surface area contributed by atoms with Gasteiger partial charge >= 0.3 is 12.1 Å². The molecule has 5 nitrogen and oxygen atoms in total. The molecule has 0 aliphatic carbocycles. The topological polar surface area (TPSA) is 72.1 Å². The van der Waals surface area contributed by atoms with E-state index in [9.17, 15) is 36.8 Å². The Morgan fingerprint density at radius 2 is 1.68 bits per heavy atom. The van der Waals surface area contributed by atoms with Gasteiger partial charge in [-0.1, -0.05) is 44.2 Å². The number of carbonyl (C=O) groups is 1. The molecular weight excluding hydrogens is 543 g/mol. The Balaban J connectivity index is 1.98. The predicted molar refractivity (Wildman–Crippen MR) is 142 cm³/mol. The summed E-state index contributed by atoms with van der Waals surface area (Å²) in [5.74, 6) is -2.41. The number of alkyl halides is 3. The summed E-state index contributed by atoms with van der Waals surface area (Å²) >= 11 is 0. The summed E-state index contributed by atoms with van der Waals surface area (Å²) in [5.41, 5.74) is -1.92. The number of ether oxygens (including phenoxy) is 1. The average Bonchev–Trinajstić information content (AvgIpc) is 2.93. The number of carbonyl (C=O) groups excluding carboxylic acids is 1. The van der Waals surface area contributed by atoms with Gasteiger partial charge in [-0.05, 0) is 58.5 Å². The number of halogens is 5. The van der Waals surface area contributed by atoms with Crippen molar-refractivity contribution in [1.29, 1.82) is 5.26 Å². The second-order valence-electron chi connectivity index (χ2n) is 9.63. The van der Waals surface area contributed by atoms with Crippen molar-refractivity contribution in [2.45, 2.75) is 32.5 Å². The van der Waals surface area contributed by atoms with Crippen molar-refractivity contribution in [1.82, 2.24) is 4.57 Å². The van der Waals surface area contributed by atoms with Crippen LogP contribution in [0.5, 0.6) is 0 Å². The Morgan fingerprint density at radius 3 is 2.29 bits per heavy atom. The van der Waals surface area contributed by atoms with Crippen LogP contribution in [-0.4, -0.2) is 17.6 Å². The summed E-state index contributed by atoms with van der Waals surface area (Å²) in [7, 11) is 1.25. The normalized spacial score (nSPS) is 11.4. The molecule has 0 bridgehead atoms. The quantitative estimate of drug-likeness (QED) is 0.181. The fraction of sp³-hybridized carbons (Fsp3) is 0.194. The summed E-state index contributed by atoms with van der Waals surface area (Å²) in [6, 6.07) is 16.0. The SMILES string of the molecule is COC(=O)c1cc(-c2cccc(-c3cc(C(F)(F)F)c(C#N)c(=O)n3Cc3ccc(F)cc3F)c2)cc(C(C)C)c1. The molecule has 210 valence electrons. The third kappa shape index (κ3) is 6.04. The van der Waals surface area contributed by atoms with Crippen LogP contribution in [0.25, 0.3) is 22.4 Å². The van der Waals surface area contributed by atoms with Gasteiger partial charge in [0.1, 0.15) is 23.3 Å². The fourth-order valence-corrected chi connectivity index (χ4v) is 4.44. The Morgan fingerprint density at radius 1 is 0.976 bits per heavy atom. The number of aromatic nitrogens is 1. The zero-order chi connectivity index (χ0) is 30.1. The maximum Gasteiger partial charge on any atom is 0.417 e. The standard InChI is InChI=1S/C31H23F5N2O3/c1-17(2)21-10-22(12-23(11-21)30(40)41-3)18-5-4-6-19(9-18)28-14-26(31(34,35)36)25(15-37)29(39)38(28)16-20-7-8-24(32)13-27(20)33/h4-14,17H,16H2,1-3H3. The highest BCUT2D eigenvalue weighted by molar-refractivity contribution is 5.91. The molecular formula is C31H23F5N2O3. The van der Waals surface area contributed by atoms with E-state index in [-0.39, 0.29) is 28.3 Å². The van der Waals surface area contributed by atoms with Crippen LogP contribution < -0.4 is 5.56 Å². The van der Waals surface area contributed by atoms with Crippen molar-refractivity contribution in [2.75, 3.05) is 7.11 Å². The van der Waals surface area contributed by atoms with Gasteiger partial charge in [0.05, 0.1) is 30.5 Å². The van der Waals surface area contributed by atoms with Gasteiger partial charge < -0.3 is 9.30 Å². The van der Waals surface area contributed by atoms with Crippen LogP contribution in [0, 0.1) is 23.0 Å². The molecule has 0 unspecified atom stereocenters. The fourth-order valence-electron chi connectivity index (χ4n) is 4.44. The van der Waals surface area contributed by atoms with Gasteiger partial charge in [0.25, 0.3) is 5.56 Å². The van der Waals surface area contributed by atoms with Crippen molar-refractivity contribution in [3.05, 3.63) is 117 Å². The van der Waals surface area contributed by atoms with Crippen LogP contribution in [-0.2, 0) is 17.5 Å². The minimum atomic E-state index is -5.03. The second-order valence-corrected chi connectivity index (χ2v) is 9.63. The number of hydrogen-bond acceptors (Lipinski definition) is 4. The number of methoxy groups -OCH3 is 1. The summed E-state index contributed by atoms with van der Waals surface area (Å²) < 4.78 is 75.6. The van der Waals surface area contributed by atoms with E-state index in [4.69, 9.17) is 4.74 Å². The van der Waals surface area contributed by atoms with Crippen LogP contribution in [0.3, 0.4) is 0 Å². The van der Waals surface area contributed by atoms with Gasteiger partial charge in [-0.3, -0.25) is 4.79 Å². The first-order chi connectivity index (χ1) is 19.3. The predicted octanol–water partition coefficient (Wildman–Crippen LogP) is 7.31. The lowest BCUT2D eigenvalue weighted by molar-refractivity contribution is -0.137. The van der Waals surface area contributed by atoms with Gasteiger partial charge in [-0.25, -0.2) is 13.6 Å². The van der Waals surface area contributed by atoms with Crippen molar-refractivity contribution in [2.24, 2.45) is 0 Å². The highest BCUT2D eigenvalue weighted by atomic mass is 19.4. The molecule has 3 aromatic carbocycles. The van der Waals surface area contributed by atoms with E-state index in [2.05, 4.69) is 0 Å². The zero-order valence-electron chi connectivity index (χ0n) is 22.1. The summed E-state index contributed by atoms with van der Waals surface area (Å²) in [6.07, 6.45) is -5.03. The molecule has 0 fully saturated rings. The highest BCUT2D eigenvalue weighted by Gasteiger charge is 2.36. The third-order valence-corrected chi connectivity index (χ3v) is 6.60. The number of benzene rings is 3. The van der Waals surface area contributed by atoms with E-state index in [1.807, 2.05) is 19.9 Å². The van der Waals surface area contributed by atoms with Crippen molar-refractivity contribution in [3.8, 4) is 28.5 Å².